The molecule has 1 aliphatic rings. The van der Waals surface area contributed by atoms with Crippen LogP contribution in [0.2, 0.25) is 0 Å². The molecule has 3 heterocycles. The number of hydrogen-bond acceptors (Lipinski definition) is 7. The fraction of sp³-hybridized carbons (Fsp3) is 0.429. The average molecular weight is 443 g/mol. The van der Waals surface area contributed by atoms with Gasteiger partial charge in [0.15, 0.2) is 0 Å². The first-order valence-electron chi connectivity index (χ1n) is 10.3. The van der Waals surface area contributed by atoms with Crippen molar-refractivity contribution in [1.29, 1.82) is 0 Å². The zero-order valence-corrected chi connectivity index (χ0v) is 18.7. The maximum Gasteiger partial charge on any atom is 0.247 e. The monoisotopic (exact) mass is 442 g/mol. The molecular formula is C21H26N6O3S. The highest BCUT2D eigenvalue weighted by Crippen LogP contribution is 2.34. The zero-order chi connectivity index (χ0) is 22.0. The third kappa shape index (κ3) is 4.31. The largest absolute Gasteiger partial charge is 0.495 e. The summed E-state index contributed by atoms with van der Waals surface area (Å²) in [4.78, 5) is 5.67. The SMILES string of the molecule is COc1ccc(C(C)C)cc1S(=O)(=O)N1CCC[C@@H]1Cn1nnc(-c2ccncc2)n1. The van der Waals surface area contributed by atoms with Gasteiger partial charge in [-0.15, -0.1) is 10.2 Å². The number of methoxy groups -OCH3 is 1. The second-order valence-electron chi connectivity index (χ2n) is 7.88. The van der Waals surface area contributed by atoms with Crippen LogP contribution >= 0.6 is 0 Å². The highest BCUT2D eigenvalue weighted by atomic mass is 32.2. The second-order valence-corrected chi connectivity index (χ2v) is 9.74. The Morgan fingerprint density at radius 1 is 1.19 bits per heavy atom. The molecule has 164 valence electrons. The molecule has 31 heavy (non-hydrogen) atoms. The molecule has 0 radical (unpaired) electrons. The van der Waals surface area contributed by atoms with Crippen molar-refractivity contribution in [1.82, 2.24) is 29.5 Å². The Morgan fingerprint density at radius 3 is 2.68 bits per heavy atom. The van der Waals surface area contributed by atoms with Crippen LogP contribution in [0, 0.1) is 0 Å². The van der Waals surface area contributed by atoms with E-state index in [1.54, 1.807) is 28.8 Å². The van der Waals surface area contributed by atoms with Gasteiger partial charge in [-0.2, -0.15) is 9.10 Å². The Bertz CT molecular complexity index is 1150. The van der Waals surface area contributed by atoms with Crippen molar-refractivity contribution in [2.24, 2.45) is 0 Å². The smallest absolute Gasteiger partial charge is 0.247 e. The minimum Gasteiger partial charge on any atom is -0.495 e. The van der Waals surface area contributed by atoms with Crippen molar-refractivity contribution in [3.05, 3.63) is 48.3 Å². The molecular weight excluding hydrogens is 416 g/mol. The number of benzene rings is 1. The lowest BCUT2D eigenvalue weighted by atomic mass is 10.0. The van der Waals surface area contributed by atoms with E-state index < -0.39 is 10.0 Å². The molecule has 4 rings (SSSR count). The van der Waals surface area contributed by atoms with Crippen LogP contribution in [0.4, 0.5) is 0 Å². The van der Waals surface area contributed by atoms with E-state index in [4.69, 9.17) is 4.74 Å². The number of nitrogens with zero attached hydrogens (tertiary/aromatic N) is 6. The fourth-order valence-electron chi connectivity index (χ4n) is 3.81. The van der Waals surface area contributed by atoms with Gasteiger partial charge in [0.05, 0.1) is 13.7 Å². The van der Waals surface area contributed by atoms with Gasteiger partial charge >= 0.3 is 0 Å². The zero-order valence-electron chi connectivity index (χ0n) is 17.8. The third-order valence-corrected chi connectivity index (χ3v) is 7.50. The van der Waals surface area contributed by atoms with Crippen LogP contribution in [-0.4, -0.2) is 57.6 Å². The van der Waals surface area contributed by atoms with Gasteiger partial charge in [0.1, 0.15) is 10.6 Å². The number of hydrogen-bond donors (Lipinski definition) is 0. The van der Waals surface area contributed by atoms with Crippen LogP contribution in [0.1, 0.15) is 38.2 Å². The van der Waals surface area contributed by atoms with Gasteiger partial charge in [-0.25, -0.2) is 8.42 Å². The molecule has 1 fully saturated rings. The van der Waals surface area contributed by atoms with Crippen LogP contribution in [-0.2, 0) is 16.6 Å². The summed E-state index contributed by atoms with van der Waals surface area (Å²) in [5.41, 5.74) is 1.77. The Balaban J connectivity index is 1.60. The Labute approximate surface area is 182 Å². The fourth-order valence-corrected chi connectivity index (χ4v) is 5.69. The molecule has 0 bridgehead atoms. The van der Waals surface area contributed by atoms with Gasteiger partial charge in [0.2, 0.25) is 15.8 Å². The number of pyridine rings is 1. The van der Waals surface area contributed by atoms with Crippen LogP contribution < -0.4 is 4.74 Å². The highest BCUT2D eigenvalue weighted by Gasteiger charge is 2.37. The average Bonchev–Trinajstić information content (AvgIpc) is 3.44. The molecule has 1 saturated heterocycles. The van der Waals surface area contributed by atoms with E-state index in [0.29, 0.717) is 24.7 Å². The molecule has 2 aromatic heterocycles. The van der Waals surface area contributed by atoms with Crippen molar-refractivity contribution in [2.75, 3.05) is 13.7 Å². The molecule has 0 N–H and O–H groups in total. The number of tetrazole rings is 1. The molecule has 0 unspecified atom stereocenters. The number of ether oxygens (including phenoxy) is 1. The highest BCUT2D eigenvalue weighted by molar-refractivity contribution is 7.89. The Kier molecular flexibility index (Phi) is 6.01. The lowest BCUT2D eigenvalue weighted by molar-refractivity contribution is 0.321. The van der Waals surface area contributed by atoms with Crippen LogP contribution in [0.5, 0.6) is 5.75 Å². The Morgan fingerprint density at radius 2 is 1.97 bits per heavy atom. The lowest BCUT2D eigenvalue weighted by Gasteiger charge is -2.25. The van der Waals surface area contributed by atoms with E-state index in [2.05, 4.69) is 20.4 Å². The van der Waals surface area contributed by atoms with Crippen LogP contribution in [0.25, 0.3) is 11.4 Å². The minimum atomic E-state index is -3.74. The van der Waals surface area contributed by atoms with Gasteiger partial charge in [-0.3, -0.25) is 4.98 Å². The standard InChI is InChI=1S/C21H26N6O3S/c1-15(2)17-6-7-19(30-3)20(13-17)31(28,29)26-12-4-5-18(26)14-27-24-21(23-25-27)16-8-10-22-11-9-16/h6-11,13,15,18H,4-5,12,14H2,1-3H3/t18-/m1/s1. The van der Waals surface area contributed by atoms with Gasteiger partial charge in [-0.05, 0) is 53.8 Å². The summed E-state index contributed by atoms with van der Waals surface area (Å²) in [5.74, 6) is 1.05. The molecule has 0 aliphatic carbocycles. The topological polar surface area (TPSA) is 103 Å². The van der Waals surface area contributed by atoms with Gasteiger partial charge in [0, 0.05) is 30.5 Å². The first kappa shape index (κ1) is 21.4. The molecule has 1 aliphatic heterocycles. The first-order valence-corrected chi connectivity index (χ1v) is 11.7. The van der Waals surface area contributed by atoms with E-state index in [0.717, 1.165) is 24.0 Å². The summed E-state index contributed by atoms with van der Waals surface area (Å²) < 4.78 is 34.1. The van der Waals surface area contributed by atoms with Crippen molar-refractivity contribution in [3.8, 4) is 17.1 Å². The summed E-state index contributed by atoms with van der Waals surface area (Å²) in [6, 6.07) is 8.72. The summed E-state index contributed by atoms with van der Waals surface area (Å²) in [7, 11) is -2.25. The number of sulfonamides is 1. The predicted molar refractivity (Wildman–Crippen MR) is 115 cm³/mol. The summed E-state index contributed by atoms with van der Waals surface area (Å²) >= 11 is 0. The Hall–Kier alpha value is -2.85. The lowest BCUT2D eigenvalue weighted by Crippen LogP contribution is -2.38. The van der Waals surface area contributed by atoms with E-state index in [1.807, 2.05) is 32.0 Å². The molecule has 3 aromatic rings. The molecule has 0 spiro atoms. The third-order valence-electron chi connectivity index (χ3n) is 5.53. The molecule has 1 aromatic carbocycles. The molecule has 0 amide bonds. The normalized spacial score (nSPS) is 17.4. The van der Waals surface area contributed by atoms with Gasteiger partial charge < -0.3 is 4.74 Å². The van der Waals surface area contributed by atoms with Crippen molar-refractivity contribution in [2.45, 2.75) is 50.1 Å². The van der Waals surface area contributed by atoms with Crippen LogP contribution in [0.15, 0.2) is 47.6 Å². The van der Waals surface area contributed by atoms with Crippen LogP contribution in [0.3, 0.4) is 0 Å². The van der Waals surface area contributed by atoms with Crippen molar-refractivity contribution < 1.29 is 13.2 Å². The van der Waals surface area contributed by atoms with Gasteiger partial charge in [0.25, 0.3) is 0 Å². The summed E-state index contributed by atoms with van der Waals surface area (Å²) in [6.45, 7) is 4.86. The quantitative estimate of drug-likeness (QED) is 0.554. The van der Waals surface area contributed by atoms with E-state index >= 15 is 0 Å². The number of aromatic nitrogens is 5. The van der Waals surface area contributed by atoms with Crippen molar-refractivity contribution in [3.63, 3.8) is 0 Å². The molecule has 10 heteroatoms. The molecule has 1 atom stereocenters. The van der Waals surface area contributed by atoms with Gasteiger partial charge in [-0.1, -0.05) is 19.9 Å². The first-order chi connectivity index (χ1) is 14.9. The minimum absolute atomic E-state index is 0.206. The maximum atomic E-state index is 13.6. The molecule has 0 saturated carbocycles. The van der Waals surface area contributed by atoms with E-state index in [-0.39, 0.29) is 16.9 Å². The van der Waals surface area contributed by atoms with Crippen molar-refractivity contribution >= 4 is 10.0 Å². The predicted octanol–water partition coefficient (Wildman–Crippen LogP) is 2.72. The molecule has 9 nitrogen and oxygen atoms in total. The van der Waals surface area contributed by atoms with E-state index in [9.17, 15) is 8.42 Å². The maximum absolute atomic E-state index is 13.6. The summed E-state index contributed by atoms with van der Waals surface area (Å²) in [5, 5.41) is 12.6. The number of rotatable bonds is 7. The summed E-state index contributed by atoms with van der Waals surface area (Å²) in [6.07, 6.45) is 4.85. The second kappa shape index (κ2) is 8.72. The van der Waals surface area contributed by atoms with E-state index in [1.165, 1.54) is 11.9 Å².